The van der Waals surface area contributed by atoms with Crippen LogP contribution in [0.1, 0.15) is 17.2 Å². The Morgan fingerprint density at radius 3 is 2.48 bits per heavy atom. The van der Waals surface area contributed by atoms with Crippen LogP contribution in [0, 0.1) is 6.92 Å². The maximum absolute atomic E-state index is 12.5. The largest absolute Gasteiger partial charge is 0.394 e. The number of aryl methyl sites for hydroxylation is 1. The van der Waals surface area contributed by atoms with Crippen LogP contribution in [0.5, 0.6) is 0 Å². The van der Waals surface area contributed by atoms with Crippen LogP contribution in [0.4, 0.5) is 0 Å². The lowest BCUT2D eigenvalue weighted by molar-refractivity contribution is 0.259. The highest BCUT2D eigenvalue weighted by molar-refractivity contribution is 7.89. The summed E-state index contributed by atoms with van der Waals surface area (Å²) in [6, 6.07) is 12.9. The van der Waals surface area contributed by atoms with Crippen molar-refractivity contribution in [1.29, 1.82) is 0 Å². The number of hydrogen-bond donors (Lipinski definition) is 2. The van der Waals surface area contributed by atoms with E-state index >= 15 is 0 Å². The van der Waals surface area contributed by atoms with Crippen molar-refractivity contribution >= 4 is 21.6 Å². The molecule has 21 heavy (non-hydrogen) atoms. The average Bonchev–Trinajstić information content (AvgIpc) is 2.48. The van der Waals surface area contributed by atoms with Gasteiger partial charge in [-0.15, -0.1) is 0 Å². The maximum atomic E-state index is 12.5. The van der Waals surface area contributed by atoms with Crippen LogP contribution in [0.15, 0.2) is 53.4 Å². The van der Waals surface area contributed by atoms with Crippen molar-refractivity contribution in [2.24, 2.45) is 0 Å². The molecular weight excluding hydrogens is 310 g/mol. The Morgan fingerprint density at radius 1 is 1.19 bits per heavy atom. The minimum atomic E-state index is -3.77. The summed E-state index contributed by atoms with van der Waals surface area (Å²) in [4.78, 5) is 0.115. The Kier molecular flexibility index (Phi) is 5.00. The molecule has 112 valence electrons. The van der Waals surface area contributed by atoms with E-state index in [1.54, 1.807) is 43.3 Å². The molecule has 0 bridgehead atoms. The van der Waals surface area contributed by atoms with Gasteiger partial charge in [-0.3, -0.25) is 0 Å². The van der Waals surface area contributed by atoms with Gasteiger partial charge in [-0.25, -0.2) is 13.1 Å². The highest BCUT2D eigenvalue weighted by Crippen LogP contribution is 2.22. The Morgan fingerprint density at radius 2 is 1.86 bits per heavy atom. The van der Waals surface area contributed by atoms with Crippen molar-refractivity contribution in [3.63, 3.8) is 0 Å². The highest BCUT2D eigenvalue weighted by Gasteiger charge is 2.22. The van der Waals surface area contributed by atoms with Gasteiger partial charge in [0, 0.05) is 5.02 Å². The molecule has 0 unspecified atom stereocenters. The second-order valence-corrected chi connectivity index (χ2v) is 6.80. The summed E-state index contributed by atoms with van der Waals surface area (Å²) in [7, 11) is -3.77. The van der Waals surface area contributed by atoms with Crippen molar-refractivity contribution in [1.82, 2.24) is 4.72 Å². The summed E-state index contributed by atoms with van der Waals surface area (Å²) in [5.74, 6) is 0. The van der Waals surface area contributed by atoms with Gasteiger partial charge in [-0.05, 0) is 30.2 Å². The number of benzene rings is 2. The first-order valence-electron chi connectivity index (χ1n) is 6.38. The van der Waals surface area contributed by atoms with Gasteiger partial charge in [0.15, 0.2) is 0 Å². The molecule has 0 spiro atoms. The van der Waals surface area contributed by atoms with Gasteiger partial charge in [0.05, 0.1) is 17.5 Å². The summed E-state index contributed by atoms with van der Waals surface area (Å²) in [5, 5.41) is 9.81. The predicted octanol–water partition coefficient (Wildman–Crippen LogP) is 2.66. The minimum Gasteiger partial charge on any atom is -0.394 e. The van der Waals surface area contributed by atoms with Gasteiger partial charge in [0.1, 0.15) is 0 Å². The van der Waals surface area contributed by atoms with E-state index in [4.69, 9.17) is 11.6 Å². The Hall–Kier alpha value is -1.40. The van der Waals surface area contributed by atoms with Crippen LogP contribution in [0.3, 0.4) is 0 Å². The van der Waals surface area contributed by atoms with Gasteiger partial charge >= 0.3 is 0 Å². The molecule has 0 radical (unpaired) electrons. The fourth-order valence-electron chi connectivity index (χ4n) is 2.01. The molecule has 0 saturated carbocycles. The summed E-state index contributed by atoms with van der Waals surface area (Å²) < 4.78 is 27.4. The third-order valence-corrected chi connectivity index (χ3v) is 4.97. The van der Waals surface area contributed by atoms with Crippen molar-refractivity contribution < 1.29 is 13.5 Å². The number of hydrogen-bond acceptors (Lipinski definition) is 3. The zero-order valence-corrected chi connectivity index (χ0v) is 13.0. The topological polar surface area (TPSA) is 66.4 Å². The van der Waals surface area contributed by atoms with E-state index < -0.39 is 16.1 Å². The first-order valence-corrected chi connectivity index (χ1v) is 8.24. The molecule has 0 aliphatic rings. The Labute approximate surface area is 129 Å². The van der Waals surface area contributed by atoms with E-state index in [1.165, 1.54) is 6.07 Å². The number of rotatable bonds is 5. The highest BCUT2D eigenvalue weighted by atomic mass is 35.5. The Bertz CT molecular complexity index is 717. The van der Waals surface area contributed by atoms with Crippen LogP contribution in [0.25, 0.3) is 0 Å². The molecule has 2 N–H and O–H groups in total. The summed E-state index contributed by atoms with van der Waals surface area (Å²) in [5.41, 5.74) is 1.29. The zero-order chi connectivity index (χ0) is 15.5. The van der Waals surface area contributed by atoms with Crippen molar-refractivity contribution in [3.8, 4) is 0 Å². The molecule has 1 atom stereocenters. The van der Waals surface area contributed by atoms with Gasteiger partial charge < -0.3 is 5.11 Å². The van der Waals surface area contributed by atoms with Crippen LogP contribution in [-0.4, -0.2) is 20.1 Å². The number of aliphatic hydroxyl groups is 1. The van der Waals surface area contributed by atoms with Crippen molar-refractivity contribution in [2.75, 3.05) is 6.61 Å². The molecular formula is C15H16ClNO3S. The predicted molar refractivity (Wildman–Crippen MR) is 82.8 cm³/mol. The van der Waals surface area contributed by atoms with Gasteiger partial charge in [0.25, 0.3) is 0 Å². The third kappa shape index (κ3) is 3.83. The third-order valence-electron chi connectivity index (χ3n) is 3.12. The van der Waals surface area contributed by atoms with E-state index in [0.29, 0.717) is 16.1 Å². The van der Waals surface area contributed by atoms with E-state index in [9.17, 15) is 13.5 Å². The number of sulfonamides is 1. The summed E-state index contributed by atoms with van der Waals surface area (Å²) >= 11 is 5.87. The van der Waals surface area contributed by atoms with Crippen molar-refractivity contribution in [3.05, 3.63) is 64.7 Å². The van der Waals surface area contributed by atoms with Crippen LogP contribution < -0.4 is 4.72 Å². The fourth-order valence-corrected chi connectivity index (χ4v) is 3.73. The second-order valence-electron chi connectivity index (χ2n) is 4.68. The molecule has 0 fully saturated rings. The smallest absolute Gasteiger partial charge is 0.241 e. The van der Waals surface area contributed by atoms with E-state index in [0.717, 1.165) is 0 Å². The molecule has 0 amide bonds. The lowest BCUT2D eigenvalue weighted by atomic mass is 10.1. The van der Waals surface area contributed by atoms with E-state index in [-0.39, 0.29) is 11.5 Å². The molecule has 2 rings (SSSR count). The first-order chi connectivity index (χ1) is 9.94. The molecule has 2 aromatic carbocycles. The molecule has 0 aliphatic carbocycles. The monoisotopic (exact) mass is 325 g/mol. The zero-order valence-electron chi connectivity index (χ0n) is 11.5. The Balaban J connectivity index is 2.34. The average molecular weight is 326 g/mol. The van der Waals surface area contributed by atoms with Gasteiger partial charge in [-0.2, -0.15) is 0 Å². The summed E-state index contributed by atoms with van der Waals surface area (Å²) in [6.07, 6.45) is 0. The second kappa shape index (κ2) is 6.58. The lowest BCUT2D eigenvalue weighted by Gasteiger charge is -2.18. The van der Waals surface area contributed by atoms with E-state index in [2.05, 4.69) is 4.72 Å². The normalized spacial score (nSPS) is 13.1. The van der Waals surface area contributed by atoms with Crippen LogP contribution in [0.2, 0.25) is 5.02 Å². The van der Waals surface area contributed by atoms with Crippen LogP contribution >= 0.6 is 11.6 Å². The molecule has 0 heterocycles. The molecule has 4 nitrogen and oxygen atoms in total. The number of nitrogens with one attached hydrogen (secondary N) is 1. The fraction of sp³-hybridized carbons (Fsp3) is 0.200. The molecule has 0 saturated heterocycles. The van der Waals surface area contributed by atoms with Gasteiger partial charge in [-0.1, -0.05) is 48.0 Å². The molecule has 0 aliphatic heterocycles. The first kappa shape index (κ1) is 16.0. The quantitative estimate of drug-likeness (QED) is 0.888. The lowest BCUT2D eigenvalue weighted by Crippen LogP contribution is -2.31. The number of aliphatic hydroxyl groups excluding tert-OH is 1. The van der Waals surface area contributed by atoms with E-state index in [1.807, 2.05) is 6.07 Å². The maximum Gasteiger partial charge on any atom is 0.241 e. The number of halogens is 1. The molecule has 6 heteroatoms. The molecule has 0 aromatic heterocycles. The SMILES string of the molecule is Cc1ccc(Cl)cc1S(=O)(=O)N[C@@H](CO)c1ccccc1. The minimum absolute atomic E-state index is 0.115. The molecule has 2 aromatic rings. The van der Waals surface area contributed by atoms with Crippen LogP contribution in [-0.2, 0) is 10.0 Å². The van der Waals surface area contributed by atoms with Crippen molar-refractivity contribution in [2.45, 2.75) is 17.9 Å². The standard InChI is InChI=1S/C15H16ClNO3S/c1-11-7-8-13(16)9-15(11)21(19,20)17-14(10-18)12-5-3-2-4-6-12/h2-9,14,17-18H,10H2,1H3/t14-/m0/s1. The summed E-state index contributed by atoms with van der Waals surface area (Å²) in [6.45, 7) is 1.37. The van der Waals surface area contributed by atoms with Gasteiger partial charge in [0.2, 0.25) is 10.0 Å².